The summed E-state index contributed by atoms with van der Waals surface area (Å²) < 4.78 is 44.9. The van der Waals surface area contributed by atoms with Crippen LogP contribution >= 0.6 is 0 Å². The first-order valence-electron chi connectivity index (χ1n) is 5.85. The lowest BCUT2D eigenvalue weighted by Crippen LogP contribution is -2.14. The highest BCUT2D eigenvalue weighted by Gasteiger charge is 2.19. The molecule has 0 fully saturated rings. The zero-order chi connectivity index (χ0) is 14.8. The van der Waals surface area contributed by atoms with Crippen molar-refractivity contribution in [2.45, 2.75) is 11.8 Å². The minimum absolute atomic E-state index is 0.0370. The number of sulfonamides is 1. The Labute approximate surface area is 117 Å². The lowest BCUT2D eigenvalue weighted by molar-refractivity contribution is 0.402. The van der Waals surface area contributed by atoms with E-state index in [9.17, 15) is 12.8 Å². The molecule has 4 nitrogen and oxygen atoms in total. The first-order chi connectivity index (χ1) is 9.42. The van der Waals surface area contributed by atoms with Crippen molar-refractivity contribution in [1.82, 2.24) is 0 Å². The van der Waals surface area contributed by atoms with Gasteiger partial charge in [-0.2, -0.15) is 0 Å². The van der Waals surface area contributed by atoms with Crippen LogP contribution in [0, 0.1) is 12.7 Å². The van der Waals surface area contributed by atoms with Crippen LogP contribution in [0.1, 0.15) is 5.56 Å². The van der Waals surface area contributed by atoms with E-state index in [1.165, 1.54) is 37.4 Å². The van der Waals surface area contributed by atoms with E-state index >= 15 is 0 Å². The van der Waals surface area contributed by atoms with E-state index in [2.05, 4.69) is 4.72 Å². The van der Waals surface area contributed by atoms with Crippen molar-refractivity contribution in [3.63, 3.8) is 0 Å². The van der Waals surface area contributed by atoms with Crippen molar-refractivity contribution in [3.8, 4) is 5.75 Å². The molecule has 0 aliphatic heterocycles. The second kappa shape index (κ2) is 5.50. The summed E-state index contributed by atoms with van der Waals surface area (Å²) in [6.45, 7) is 1.84. The summed E-state index contributed by atoms with van der Waals surface area (Å²) in [5, 5.41) is 0. The van der Waals surface area contributed by atoms with Gasteiger partial charge in [-0.3, -0.25) is 4.72 Å². The molecular weight excluding hydrogens is 281 g/mol. The van der Waals surface area contributed by atoms with Gasteiger partial charge in [0.1, 0.15) is 16.5 Å². The quantitative estimate of drug-likeness (QED) is 0.943. The van der Waals surface area contributed by atoms with E-state index in [4.69, 9.17) is 4.74 Å². The molecule has 0 heterocycles. The van der Waals surface area contributed by atoms with Crippen LogP contribution in [0.25, 0.3) is 0 Å². The van der Waals surface area contributed by atoms with Gasteiger partial charge < -0.3 is 4.74 Å². The monoisotopic (exact) mass is 295 g/mol. The number of hydrogen-bond acceptors (Lipinski definition) is 3. The normalized spacial score (nSPS) is 11.2. The van der Waals surface area contributed by atoms with Gasteiger partial charge in [0, 0.05) is 5.69 Å². The standard InChI is InChI=1S/C14H14FNO3S/c1-10-3-8-14(13(9-10)19-2)20(17,18)16-12-6-4-11(15)5-7-12/h3-9,16H,1-2H3. The molecule has 0 saturated heterocycles. The Balaban J connectivity index is 2.38. The first-order valence-corrected chi connectivity index (χ1v) is 7.34. The Bertz CT molecular complexity index is 712. The van der Waals surface area contributed by atoms with E-state index < -0.39 is 15.8 Å². The number of rotatable bonds is 4. The van der Waals surface area contributed by atoms with Crippen LogP contribution < -0.4 is 9.46 Å². The molecular formula is C14H14FNO3S. The molecule has 0 amide bonds. The van der Waals surface area contributed by atoms with Crippen molar-refractivity contribution in [2.24, 2.45) is 0 Å². The molecule has 1 N–H and O–H groups in total. The Morgan fingerprint density at radius 3 is 2.35 bits per heavy atom. The Kier molecular flexibility index (Phi) is 3.94. The Morgan fingerprint density at radius 2 is 1.75 bits per heavy atom. The lowest BCUT2D eigenvalue weighted by Gasteiger charge is -2.12. The number of halogens is 1. The predicted molar refractivity (Wildman–Crippen MR) is 74.9 cm³/mol. The smallest absolute Gasteiger partial charge is 0.265 e. The number of methoxy groups -OCH3 is 1. The van der Waals surface area contributed by atoms with E-state index in [1.807, 2.05) is 6.92 Å². The fourth-order valence-electron chi connectivity index (χ4n) is 1.72. The van der Waals surface area contributed by atoms with Crippen LogP contribution in [-0.4, -0.2) is 15.5 Å². The largest absolute Gasteiger partial charge is 0.495 e. The minimum atomic E-state index is -3.78. The van der Waals surface area contributed by atoms with Crippen LogP contribution in [0.15, 0.2) is 47.4 Å². The number of hydrogen-bond donors (Lipinski definition) is 1. The SMILES string of the molecule is COc1cc(C)ccc1S(=O)(=O)Nc1ccc(F)cc1. The number of anilines is 1. The third-order valence-corrected chi connectivity index (χ3v) is 4.13. The van der Waals surface area contributed by atoms with Crippen molar-refractivity contribution in [3.05, 3.63) is 53.8 Å². The van der Waals surface area contributed by atoms with Gasteiger partial charge in [-0.05, 0) is 48.9 Å². The van der Waals surface area contributed by atoms with Crippen molar-refractivity contribution >= 4 is 15.7 Å². The van der Waals surface area contributed by atoms with Gasteiger partial charge in [0.2, 0.25) is 0 Å². The highest BCUT2D eigenvalue weighted by molar-refractivity contribution is 7.92. The van der Waals surface area contributed by atoms with E-state index in [0.717, 1.165) is 5.56 Å². The van der Waals surface area contributed by atoms with E-state index in [1.54, 1.807) is 12.1 Å². The molecule has 106 valence electrons. The summed E-state index contributed by atoms with van der Waals surface area (Å²) in [4.78, 5) is 0.0370. The average Bonchev–Trinajstić information content (AvgIpc) is 2.40. The second-order valence-corrected chi connectivity index (χ2v) is 5.92. The van der Waals surface area contributed by atoms with Gasteiger partial charge in [-0.15, -0.1) is 0 Å². The summed E-state index contributed by atoms with van der Waals surface area (Å²) in [5.41, 5.74) is 1.18. The lowest BCUT2D eigenvalue weighted by atomic mass is 10.2. The molecule has 0 spiro atoms. The highest BCUT2D eigenvalue weighted by atomic mass is 32.2. The number of aryl methyl sites for hydroxylation is 1. The molecule has 0 atom stereocenters. The molecule has 0 aromatic heterocycles. The van der Waals surface area contributed by atoms with Crippen LogP contribution in [0.5, 0.6) is 5.75 Å². The number of nitrogens with one attached hydrogen (secondary N) is 1. The number of benzene rings is 2. The van der Waals surface area contributed by atoms with E-state index in [0.29, 0.717) is 0 Å². The fraction of sp³-hybridized carbons (Fsp3) is 0.143. The van der Waals surface area contributed by atoms with Crippen LogP contribution in [0.2, 0.25) is 0 Å². The zero-order valence-corrected chi connectivity index (χ0v) is 11.9. The minimum Gasteiger partial charge on any atom is -0.495 e. The Morgan fingerprint density at radius 1 is 1.10 bits per heavy atom. The third kappa shape index (κ3) is 3.08. The summed E-state index contributed by atoms with van der Waals surface area (Å²) in [6.07, 6.45) is 0. The summed E-state index contributed by atoms with van der Waals surface area (Å²) in [7, 11) is -2.37. The summed E-state index contributed by atoms with van der Waals surface area (Å²) in [5.74, 6) is -0.166. The maximum Gasteiger partial charge on any atom is 0.265 e. The van der Waals surface area contributed by atoms with Gasteiger partial charge in [-0.1, -0.05) is 6.07 Å². The molecule has 2 aromatic carbocycles. The van der Waals surface area contributed by atoms with Gasteiger partial charge in [0.25, 0.3) is 10.0 Å². The summed E-state index contributed by atoms with van der Waals surface area (Å²) >= 11 is 0. The van der Waals surface area contributed by atoms with Gasteiger partial charge in [0.15, 0.2) is 0 Å². The second-order valence-electron chi connectivity index (χ2n) is 4.27. The van der Waals surface area contributed by atoms with Crippen LogP contribution in [-0.2, 0) is 10.0 Å². The topological polar surface area (TPSA) is 55.4 Å². The average molecular weight is 295 g/mol. The molecule has 0 aliphatic rings. The first kappa shape index (κ1) is 14.3. The molecule has 0 unspecified atom stereocenters. The van der Waals surface area contributed by atoms with Crippen molar-refractivity contribution < 1.29 is 17.5 Å². The van der Waals surface area contributed by atoms with Gasteiger partial charge >= 0.3 is 0 Å². The molecule has 20 heavy (non-hydrogen) atoms. The van der Waals surface area contributed by atoms with Gasteiger partial charge in [-0.25, -0.2) is 12.8 Å². The maximum absolute atomic E-state index is 12.8. The number of ether oxygens (including phenoxy) is 1. The molecule has 2 rings (SSSR count). The fourth-order valence-corrected chi connectivity index (χ4v) is 2.94. The highest BCUT2D eigenvalue weighted by Crippen LogP contribution is 2.26. The molecule has 6 heteroatoms. The summed E-state index contributed by atoms with van der Waals surface area (Å²) in [6, 6.07) is 9.87. The zero-order valence-electron chi connectivity index (χ0n) is 11.1. The van der Waals surface area contributed by atoms with Crippen molar-refractivity contribution in [1.29, 1.82) is 0 Å². The van der Waals surface area contributed by atoms with Gasteiger partial charge in [0.05, 0.1) is 7.11 Å². The predicted octanol–water partition coefficient (Wildman–Crippen LogP) is 2.94. The third-order valence-electron chi connectivity index (χ3n) is 2.71. The van der Waals surface area contributed by atoms with Crippen LogP contribution in [0.3, 0.4) is 0 Å². The van der Waals surface area contributed by atoms with Crippen LogP contribution in [0.4, 0.5) is 10.1 Å². The molecule has 2 aromatic rings. The molecule has 0 aliphatic carbocycles. The molecule has 0 radical (unpaired) electrons. The van der Waals surface area contributed by atoms with E-state index in [-0.39, 0.29) is 16.3 Å². The Hall–Kier alpha value is -2.08. The van der Waals surface area contributed by atoms with Crippen molar-refractivity contribution in [2.75, 3.05) is 11.8 Å². The molecule has 0 saturated carbocycles. The maximum atomic E-state index is 12.8. The molecule has 0 bridgehead atoms.